The zero-order valence-corrected chi connectivity index (χ0v) is 19.0. The number of hydrogen-bond donors (Lipinski definition) is 2. The number of rotatable bonds is 7. The molecule has 1 aliphatic rings. The summed E-state index contributed by atoms with van der Waals surface area (Å²) >= 11 is 12.2. The predicted molar refractivity (Wildman–Crippen MR) is 124 cm³/mol. The van der Waals surface area contributed by atoms with E-state index in [4.69, 9.17) is 27.6 Å². The van der Waals surface area contributed by atoms with Crippen molar-refractivity contribution in [3.05, 3.63) is 58.1 Å². The number of fused-ring (bicyclic) bond motifs is 1. The average Bonchev–Trinajstić information content (AvgIpc) is 3.14. The van der Waals surface area contributed by atoms with Gasteiger partial charge in [0, 0.05) is 19.6 Å². The number of aromatic nitrogens is 1. The van der Waals surface area contributed by atoms with Crippen LogP contribution >= 0.6 is 23.2 Å². The maximum atomic E-state index is 6.16. The maximum absolute atomic E-state index is 6.16. The van der Waals surface area contributed by atoms with Crippen LogP contribution < -0.4 is 10.2 Å². The Balaban J connectivity index is 1.31. The maximum Gasteiger partial charge on any atom is 0.296 e. The van der Waals surface area contributed by atoms with Crippen molar-refractivity contribution in [1.82, 2.24) is 9.88 Å². The number of benzene rings is 2. The van der Waals surface area contributed by atoms with Crippen LogP contribution in [0.3, 0.4) is 0 Å². The lowest BCUT2D eigenvalue weighted by Crippen LogP contribution is -3.16. The molecule has 5 nitrogen and oxygen atoms in total. The van der Waals surface area contributed by atoms with Gasteiger partial charge in [0.2, 0.25) is 0 Å². The fourth-order valence-corrected chi connectivity index (χ4v) is 4.31. The molecule has 7 heteroatoms. The molecule has 1 fully saturated rings. The van der Waals surface area contributed by atoms with Gasteiger partial charge in [-0.2, -0.15) is 4.98 Å². The van der Waals surface area contributed by atoms with Crippen molar-refractivity contribution >= 4 is 40.3 Å². The molecule has 0 amide bonds. The lowest BCUT2D eigenvalue weighted by atomic mass is 10.0. The number of piperazine rings is 1. The first-order valence-electron chi connectivity index (χ1n) is 10.6. The minimum absolute atomic E-state index is 0.315. The first-order valence-corrected chi connectivity index (χ1v) is 11.4. The van der Waals surface area contributed by atoms with Gasteiger partial charge in [0.25, 0.3) is 6.01 Å². The number of oxazole rings is 1. The van der Waals surface area contributed by atoms with E-state index in [-0.39, 0.29) is 0 Å². The lowest BCUT2D eigenvalue weighted by molar-refractivity contribution is -0.905. The minimum atomic E-state index is 0.315. The molecule has 2 N–H and O–H groups in total. The molecule has 2 heterocycles. The summed E-state index contributed by atoms with van der Waals surface area (Å²) in [5.74, 6) is 0.488. The minimum Gasteiger partial charge on any atom is -0.424 e. The molecular formula is C23H29Cl2N4O+. The molecule has 1 aliphatic heterocycles. The second-order valence-electron chi connectivity index (χ2n) is 8.46. The van der Waals surface area contributed by atoms with Gasteiger partial charge in [-0.25, -0.2) is 0 Å². The van der Waals surface area contributed by atoms with E-state index >= 15 is 0 Å². The Bertz CT molecular complexity index is 949. The molecule has 160 valence electrons. The van der Waals surface area contributed by atoms with E-state index in [1.807, 2.05) is 36.4 Å². The molecule has 1 saturated heterocycles. The highest BCUT2D eigenvalue weighted by atomic mass is 35.5. The third-order valence-electron chi connectivity index (χ3n) is 5.87. The van der Waals surface area contributed by atoms with Gasteiger partial charge in [-0.15, -0.1) is 0 Å². The highest BCUT2D eigenvalue weighted by Gasteiger charge is 2.26. The number of nitrogens with zero attached hydrogens (tertiary/aromatic N) is 2. The first-order chi connectivity index (χ1) is 14.5. The monoisotopic (exact) mass is 447 g/mol. The van der Waals surface area contributed by atoms with E-state index < -0.39 is 0 Å². The molecule has 4 rings (SSSR count). The van der Waals surface area contributed by atoms with E-state index in [0.717, 1.165) is 50.4 Å². The quantitative estimate of drug-likeness (QED) is 0.574. The molecule has 0 radical (unpaired) electrons. The van der Waals surface area contributed by atoms with Gasteiger partial charge in [-0.1, -0.05) is 55.2 Å². The Morgan fingerprint density at radius 1 is 1.10 bits per heavy atom. The van der Waals surface area contributed by atoms with Crippen LogP contribution in [0.1, 0.15) is 19.4 Å². The van der Waals surface area contributed by atoms with Gasteiger partial charge in [-0.05, 0) is 35.7 Å². The fraction of sp³-hybridized carbons (Fsp3) is 0.435. The van der Waals surface area contributed by atoms with Gasteiger partial charge in [0.15, 0.2) is 5.58 Å². The molecule has 0 unspecified atom stereocenters. The first kappa shape index (κ1) is 21.4. The fourth-order valence-electron chi connectivity index (χ4n) is 3.98. The van der Waals surface area contributed by atoms with Gasteiger partial charge in [-0.3, -0.25) is 4.90 Å². The number of hydrogen-bond acceptors (Lipinski definition) is 4. The number of anilines is 1. The standard InChI is InChI=1S/C23H28Cl2N4O/c1-16(2)21(27-23-26-20-5-3-4-6-22(20)30-23)15-29-11-9-28(10-12-29)14-17-7-8-18(24)19(25)13-17/h3-8,13,16,21H,9-12,14-15H2,1-2H3,(H,26,27)/p+1/t21-/m1/s1. The summed E-state index contributed by atoms with van der Waals surface area (Å²) in [5.41, 5.74) is 2.93. The second-order valence-corrected chi connectivity index (χ2v) is 9.27. The zero-order valence-electron chi connectivity index (χ0n) is 17.5. The predicted octanol–water partition coefficient (Wildman–Crippen LogP) is 3.97. The zero-order chi connectivity index (χ0) is 21.1. The van der Waals surface area contributed by atoms with Crippen LogP contribution in [0.25, 0.3) is 11.1 Å². The van der Waals surface area contributed by atoms with Crippen LogP contribution in [0.4, 0.5) is 6.01 Å². The van der Waals surface area contributed by atoms with E-state index in [0.29, 0.717) is 28.0 Å². The highest BCUT2D eigenvalue weighted by molar-refractivity contribution is 6.42. The Kier molecular flexibility index (Phi) is 6.84. The van der Waals surface area contributed by atoms with Crippen LogP contribution in [-0.4, -0.2) is 48.6 Å². The largest absolute Gasteiger partial charge is 0.424 e. The van der Waals surface area contributed by atoms with Crippen LogP contribution in [0.5, 0.6) is 0 Å². The van der Waals surface area contributed by atoms with Crippen LogP contribution in [0.15, 0.2) is 46.9 Å². The molecule has 0 saturated carbocycles. The van der Waals surface area contributed by atoms with Crippen molar-refractivity contribution in [3.63, 3.8) is 0 Å². The summed E-state index contributed by atoms with van der Waals surface area (Å²) in [7, 11) is 0. The van der Waals surface area contributed by atoms with Crippen molar-refractivity contribution < 1.29 is 9.32 Å². The summed E-state index contributed by atoms with van der Waals surface area (Å²) in [6, 6.07) is 14.7. The van der Waals surface area contributed by atoms with Gasteiger partial charge < -0.3 is 14.6 Å². The summed E-state index contributed by atoms with van der Waals surface area (Å²) in [5, 5.41) is 4.78. The van der Waals surface area contributed by atoms with Crippen LogP contribution in [0, 0.1) is 5.92 Å². The van der Waals surface area contributed by atoms with E-state index in [1.54, 1.807) is 4.90 Å². The van der Waals surface area contributed by atoms with Crippen molar-refractivity contribution in [2.24, 2.45) is 5.92 Å². The summed E-state index contributed by atoms with van der Waals surface area (Å²) in [6.07, 6.45) is 0. The molecule has 3 aromatic rings. The Morgan fingerprint density at radius 2 is 1.87 bits per heavy atom. The molecule has 1 aromatic heterocycles. The van der Waals surface area contributed by atoms with Crippen molar-refractivity contribution in [1.29, 1.82) is 0 Å². The third kappa shape index (κ3) is 5.27. The number of nitrogens with one attached hydrogen (secondary N) is 2. The van der Waals surface area contributed by atoms with Gasteiger partial charge in [0.05, 0.1) is 35.7 Å². The summed E-state index contributed by atoms with van der Waals surface area (Å²) < 4.78 is 5.88. The average molecular weight is 448 g/mol. The SMILES string of the molecule is CC(C)[C@@H](C[NH+]1CCN(Cc2ccc(Cl)c(Cl)c2)CC1)Nc1nc2ccccc2o1. The molecule has 30 heavy (non-hydrogen) atoms. The van der Waals surface area contributed by atoms with Crippen LogP contribution in [0.2, 0.25) is 10.0 Å². The molecule has 2 aromatic carbocycles. The van der Waals surface area contributed by atoms with Crippen LogP contribution in [-0.2, 0) is 6.54 Å². The van der Waals surface area contributed by atoms with Gasteiger partial charge in [0.1, 0.15) is 5.52 Å². The van der Waals surface area contributed by atoms with Crippen molar-refractivity contribution in [2.45, 2.75) is 26.4 Å². The smallest absolute Gasteiger partial charge is 0.296 e. The Morgan fingerprint density at radius 3 is 2.57 bits per heavy atom. The topological polar surface area (TPSA) is 45.7 Å². The number of halogens is 2. The number of para-hydroxylation sites is 2. The normalized spacial score (nSPS) is 17.0. The molecule has 0 spiro atoms. The van der Waals surface area contributed by atoms with Crippen molar-refractivity contribution in [3.8, 4) is 0 Å². The molecule has 1 atom stereocenters. The summed E-state index contributed by atoms with van der Waals surface area (Å²) in [4.78, 5) is 8.69. The molecule has 0 bridgehead atoms. The van der Waals surface area contributed by atoms with E-state index in [2.05, 4.69) is 35.1 Å². The second kappa shape index (κ2) is 9.56. The Hall–Kier alpha value is -1.79. The molecule has 0 aliphatic carbocycles. The third-order valence-corrected chi connectivity index (χ3v) is 6.61. The van der Waals surface area contributed by atoms with E-state index in [9.17, 15) is 0 Å². The van der Waals surface area contributed by atoms with Crippen molar-refractivity contribution in [2.75, 3.05) is 38.0 Å². The van der Waals surface area contributed by atoms with Gasteiger partial charge >= 0.3 is 0 Å². The lowest BCUT2D eigenvalue weighted by Gasteiger charge is -2.34. The molecular weight excluding hydrogens is 419 g/mol. The summed E-state index contributed by atoms with van der Waals surface area (Å²) in [6.45, 7) is 10.9. The van der Waals surface area contributed by atoms with E-state index in [1.165, 1.54) is 5.56 Å². The Labute approximate surface area is 188 Å². The highest BCUT2D eigenvalue weighted by Crippen LogP contribution is 2.23. The number of quaternary nitrogens is 1.